The summed E-state index contributed by atoms with van der Waals surface area (Å²) in [5.74, 6) is -0.0320. The lowest BCUT2D eigenvalue weighted by Gasteiger charge is -2.08. The van der Waals surface area contributed by atoms with Gasteiger partial charge in [-0.3, -0.25) is 0 Å². The summed E-state index contributed by atoms with van der Waals surface area (Å²) in [6.45, 7) is -0.0668. The van der Waals surface area contributed by atoms with E-state index in [-0.39, 0.29) is 13.2 Å². The molecule has 2 rings (SSSR count). The second-order valence-corrected chi connectivity index (χ2v) is 4.30. The van der Waals surface area contributed by atoms with E-state index in [1.54, 1.807) is 48.5 Å². The Labute approximate surface area is 122 Å². The van der Waals surface area contributed by atoms with Crippen molar-refractivity contribution in [2.24, 2.45) is 0 Å². The van der Waals surface area contributed by atoms with Crippen molar-refractivity contribution in [2.45, 2.75) is 6.61 Å². The Morgan fingerprint density at radius 1 is 1.14 bits per heavy atom. The highest BCUT2D eigenvalue weighted by molar-refractivity contribution is 5.71. The van der Waals surface area contributed by atoms with Crippen LogP contribution in [-0.2, 0) is 16.1 Å². The second kappa shape index (κ2) is 6.96. The van der Waals surface area contributed by atoms with Crippen LogP contribution in [-0.4, -0.2) is 12.6 Å². The third-order valence-electron chi connectivity index (χ3n) is 2.75. The van der Waals surface area contributed by atoms with E-state index in [1.807, 2.05) is 6.07 Å². The van der Waals surface area contributed by atoms with Crippen LogP contribution < -0.4 is 10.5 Å². The van der Waals surface area contributed by atoms with Gasteiger partial charge in [-0.1, -0.05) is 24.3 Å². The van der Waals surface area contributed by atoms with Crippen LogP contribution >= 0.6 is 0 Å². The molecule has 2 aromatic rings. The van der Waals surface area contributed by atoms with Crippen LogP contribution in [0.3, 0.4) is 0 Å². The van der Waals surface area contributed by atoms with Gasteiger partial charge >= 0.3 is 5.97 Å². The molecule has 0 aromatic heterocycles. The summed E-state index contributed by atoms with van der Waals surface area (Å²) in [6, 6.07) is 15.8. The van der Waals surface area contributed by atoms with Crippen LogP contribution in [0.4, 0.5) is 5.69 Å². The summed E-state index contributed by atoms with van der Waals surface area (Å²) >= 11 is 0. The van der Waals surface area contributed by atoms with Crippen molar-refractivity contribution in [2.75, 3.05) is 12.3 Å². The van der Waals surface area contributed by atoms with Crippen molar-refractivity contribution in [1.29, 1.82) is 5.26 Å². The number of anilines is 1. The molecule has 2 aromatic carbocycles. The largest absolute Gasteiger partial charge is 0.480 e. The monoisotopic (exact) mass is 282 g/mol. The minimum Gasteiger partial charge on any atom is -0.480 e. The standard InChI is InChI=1S/C16H14N2O3/c17-9-12-5-7-13(8-6-12)10-21-16(19)11-20-15-4-2-1-3-14(15)18/h1-8H,10-11,18H2. The zero-order valence-electron chi connectivity index (χ0n) is 11.3. The van der Waals surface area contributed by atoms with Gasteiger partial charge in [0.15, 0.2) is 6.61 Å². The van der Waals surface area contributed by atoms with E-state index in [4.69, 9.17) is 20.5 Å². The molecule has 0 saturated heterocycles. The summed E-state index contributed by atoms with van der Waals surface area (Å²) in [5, 5.41) is 8.69. The fourth-order valence-corrected chi connectivity index (χ4v) is 1.63. The van der Waals surface area contributed by atoms with E-state index in [1.165, 1.54) is 0 Å². The maximum absolute atomic E-state index is 11.6. The first-order chi connectivity index (χ1) is 10.2. The predicted molar refractivity (Wildman–Crippen MR) is 77.3 cm³/mol. The van der Waals surface area contributed by atoms with Crippen LogP contribution in [0.1, 0.15) is 11.1 Å². The van der Waals surface area contributed by atoms with E-state index < -0.39 is 5.97 Å². The van der Waals surface area contributed by atoms with Crippen molar-refractivity contribution in [1.82, 2.24) is 0 Å². The average Bonchev–Trinajstić information content (AvgIpc) is 2.52. The average molecular weight is 282 g/mol. The lowest BCUT2D eigenvalue weighted by atomic mass is 10.2. The number of nitrogen functional groups attached to an aromatic ring is 1. The molecule has 2 N–H and O–H groups in total. The third kappa shape index (κ3) is 4.25. The number of hydrogen-bond acceptors (Lipinski definition) is 5. The fourth-order valence-electron chi connectivity index (χ4n) is 1.63. The Morgan fingerprint density at radius 2 is 1.86 bits per heavy atom. The topological polar surface area (TPSA) is 85.3 Å². The van der Waals surface area contributed by atoms with Crippen LogP contribution in [0.5, 0.6) is 5.75 Å². The number of para-hydroxylation sites is 2. The summed E-state index contributed by atoms with van der Waals surface area (Å²) in [7, 11) is 0. The molecule has 0 heterocycles. The highest BCUT2D eigenvalue weighted by Gasteiger charge is 2.06. The highest BCUT2D eigenvalue weighted by Crippen LogP contribution is 2.19. The van der Waals surface area contributed by atoms with Crippen LogP contribution in [0.15, 0.2) is 48.5 Å². The number of ether oxygens (including phenoxy) is 2. The van der Waals surface area contributed by atoms with Gasteiger partial charge in [0.1, 0.15) is 12.4 Å². The van der Waals surface area contributed by atoms with E-state index in [0.717, 1.165) is 5.56 Å². The quantitative estimate of drug-likeness (QED) is 0.671. The van der Waals surface area contributed by atoms with E-state index in [2.05, 4.69) is 0 Å². The molecule has 0 saturated carbocycles. The Morgan fingerprint density at radius 3 is 2.52 bits per heavy atom. The molecule has 5 nitrogen and oxygen atoms in total. The van der Waals surface area contributed by atoms with Crippen LogP contribution in [0.25, 0.3) is 0 Å². The number of rotatable bonds is 5. The molecular formula is C16H14N2O3. The smallest absolute Gasteiger partial charge is 0.344 e. The molecule has 0 aliphatic rings. The molecule has 5 heteroatoms. The number of carbonyl (C=O) groups is 1. The summed E-state index contributed by atoms with van der Waals surface area (Å²) < 4.78 is 10.4. The van der Waals surface area contributed by atoms with Crippen molar-refractivity contribution in [3.63, 3.8) is 0 Å². The molecule has 0 bridgehead atoms. The van der Waals surface area contributed by atoms with Crippen molar-refractivity contribution < 1.29 is 14.3 Å². The molecule has 0 spiro atoms. The molecule has 0 aliphatic heterocycles. The van der Waals surface area contributed by atoms with E-state index in [0.29, 0.717) is 17.0 Å². The van der Waals surface area contributed by atoms with Gasteiger partial charge in [0.25, 0.3) is 0 Å². The number of nitrogens with two attached hydrogens (primary N) is 1. The van der Waals surface area contributed by atoms with Gasteiger partial charge in [0, 0.05) is 0 Å². The maximum atomic E-state index is 11.6. The zero-order valence-corrected chi connectivity index (χ0v) is 11.3. The SMILES string of the molecule is N#Cc1ccc(COC(=O)COc2ccccc2N)cc1. The van der Waals surface area contributed by atoms with Crippen molar-refractivity contribution in [3.8, 4) is 11.8 Å². The Kier molecular flexibility index (Phi) is 4.78. The third-order valence-corrected chi connectivity index (χ3v) is 2.75. The molecule has 0 aliphatic carbocycles. The van der Waals surface area contributed by atoms with Crippen LogP contribution in [0, 0.1) is 11.3 Å². The number of hydrogen-bond donors (Lipinski definition) is 1. The highest BCUT2D eigenvalue weighted by atomic mass is 16.6. The fraction of sp³-hybridized carbons (Fsp3) is 0.125. The lowest BCUT2D eigenvalue weighted by molar-refractivity contribution is -0.147. The first kappa shape index (κ1) is 14.4. The summed E-state index contributed by atoms with van der Waals surface area (Å²) in [5.41, 5.74) is 7.54. The molecule has 106 valence electrons. The zero-order chi connectivity index (χ0) is 15.1. The molecule has 0 atom stereocenters. The van der Waals surface area contributed by atoms with Crippen molar-refractivity contribution >= 4 is 11.7 Å². The summed E-state index contributed by atoms with van der Waals surface area (Å²) in [6.07, 6.45) is 0. The number of nitrogens with zero attached hydrogens (tertiary/aromatic N) is 1. The number of nitriles is 1. The minimum atomic E-state index is -0.484. The first-order valence-corrected chi connectivity index (χ1v) is 6.31. The predicted octanol–water partition coefficient (Wildman–Crippen LogP) is 2.26. The first-order valence-electron chi connectivity index (χ1n) is 6.31. The second-order valence-electron chi connectivity index (χ2n) is 4.30. The Bertz CT molecular complexity index is 660. The van der Waals surface area contributed by atoms with Gasteiger partial charge < -0.3 is 15.2 Å². The van der Waals surface area contributed by atoms with E-state index >= 15 is 0 Å². The molecular weight excluding hydrogens is 268 g/mol. The molecule has 0 amide bonds. The number of benzene rings is 2. The minimum absolute atomic E-state index is 0.137. The Hall–Kier alpha value is -3.00. The Balaban J connectivity index is 1.79. The number of carbonyl (C=O) groups excluding carboxylic acids is 1. The molecule has 21 heavy (non-hydrogen) atoms. The molecule has 0 radical (unpaired) electrons. The molecule has 0 unspecified atom stereocenters. The summed E-state index contributed by atoms with van der Waals surface area (Å²) in [4.78, 5) is 11.6. The maximum Gasteiger partial charge on any atom is 0.344 e. The van der Waals surface area contributed by atoms with Crippen LogP contribution in [0.2, 0.25) is 0 Å². The van der Waals surface area contributed by atoms with Crippen molar-refractivity contribution in [3.05, 3.63) is 59.7 Å². The van der Waals surface area contributed by atoms with Gasteiger partial charge in [-0.25, -0.2) is 4.79 Å². The normalized spacial score (nSPS) is 9.67. The lowest BCUT2D eigenvalue weighted by Crippen LogP contribution is -2.15. The van der Waals surface area contributed by atoms with E-state index in [9.17, 15) is 4.79 Å². The van der Waals surface area contributed by atoms with Gasteiger partial charge in [-0.15, -0.1) is 0 Å². The van der Waals surface area contributed by atoms with Gasteiger partial charge in [0.05, 0.1) is 17.3 Å². The number of esters is 1. The van der Waals surface area contributed by atoms with Gasteiger partial charge in [-0.05, 0) is 29.8 Å². The van der Waals surface area contributed by atoms with Gasteiger partial charge in [-0.2, -0.15) is 5.26 Å². The van der Waals surface area contributed by atoms with Gasteiger partial charge in [0.2, 0.25) is 0 Å². The molecule has 0 fully saturated rings.